The van der Waals surface area contributed by atoms with E-state index in [4.69, 9.17) is 5.11 Å². The fourth-order valence-corrected chi connectivity index (χ4v) is 2.17. The van der Waals surface area contributed by atoms with Crippen molar-refractivity contribution in [2.24, 2.45) is 11.8 Å². The van der Waals surface area contributed by atoms with Crippen LogP contribution in [0.2, 0.25) is 0 Å². The molecule has 2 aliphatic rings. The molecule has 2 bridgehead atoms. The van der Waals surface area contributed by atoms with Crippen LogP contribution >= 0.6 is 0 Å². The van der Waals surface area contributed by atoms with E-state index < -0.39 is 0 Å². The van der Waals surface area contributed by atoms with Crippen LogP contribution in [0.25, 0.3) is 0 Å². The summed E-state index contributed by atoms with van der Waals surface area (Å²) in [4.78, 5) is 0. The Morgan fingerprint density at radius 1 is 1.18 bits per heavy atom. The predicted octanol–water partition coefficient (Wildman–Crippen LogP) is 2.36. The van der Waals surface area contributed by atoms with Crippen LogP contribution < -0.4 is 0 Å². The number of hydrogen-bond donors (Lipinski definition) is 1. The molecule has 0 aromatic heterocycles. The lowest BCUT2D eigenvalue weighted by Crippen LogP contribution is -1.90. The van der Waals surface area contributed by atoms with Crippen LogP contribution in [-0.2, 0) is 0 Å². The molecule has 0 aliphatic heterocycles. The van der Waals surface area contributed by atoms with Crippen LogP contribution in [0, 0.1) is 11.8 Å². The van der Waals surface area contributed by atoms with E-state index in [9.17, 15) is 0 Å². The summed E-state index contributed by atoms with van der Waals surface area (Å²) in [5.41, 5.74) is 0. The highest BCUT2D eigenvalue weighted by molar-refractivity contribution is 4.82. The van der Waals surface area contributed by atoms with Gasteiger partial charge in [0.2, 0.25) is 0 Å². The van der Waals surface area contributed by atoms with E-state index in [1.54, 1.807) is 32.1 Å². The number of aliphatic hydroxyl groups excluding tert-OH is 1. The Hall–Kier alpha value is -0.300. The zero-order valence-electron chi connectivity index (χ0n) is 7.13. The molecule has 0 heterocycles. The van der Waals surface area contributed by atoms with Crippen LogP contribution in [0.1, 0.15) is 32.1 Å². The van der Waals surface area contributed by atoms with Crippen molar-refractivity contribution in [2.75, 3.05) is 6.61 Å². The SMILES string of the molecule is C1CC2CCC1C2.C=CCO. The van der Waals surface area contributed by atoms with Gasteiger partial charge in [0.1, 0.15) is 0 Å². The number of hydrogen-bond acceptors (Lipinski definition) is 1. The van der Waals surface area contributed by atoms with Crippen LogP contribution in [0.15, 0.2) is 12.7 Å². The van der Waals surface area contributed by atoms with E-state index in [1.807, 2.05) is 0 Å². The normalized spacial score (nSPS) is 32.8. The van der Waals surface area contributed by atoms with Crippen molar-refractivity contribution in [3.63, 3.8) is 0 Å². The van der Waals surface area contributed by atoms with Gasteiger partial charge in [0.05, 0.1) is 6.61 Å². The van der Waals surface area contributed by atoms with Crippen molar-refractivity contribution in [1.82, 2.24) is 0 Å². The topological polar surface area (TPSA) is 20.2 Å². The molecule has 0 aromatic carbocycles. The molecule has 2 fully saturated rings. The van der Waals surface area contributed by atoms with Crippen LogP contribution in [0.4, 0.5) is 0 Å². The standard InChI is InChI=1S/C7H12.C3H6O/c1-2-7-4-3-6(1)5-7;1-2-3-4/h6-7H,1-5H2;2,4H,1,3H2. The maximum absolute atomic E-state index is 7.76. The van der Waals surface area contributed by atoms with Crippen molar-refractivity contribution in [2.45, 2.75) is 32.1 Å². The first kappa shape index (κ1) is 8.79. The predicted molar refractivity (Wildman–Crippen MR) is 47.3 cm³/mol. The lowest BCUT2D eigenvalue weighted by Gasteiger charge is -2.05. The molecular formula is C10H18O. The first-order valence-electron chi connectivity index (χ1n) is 4.58. The zero-order chi connectivity index (χ0) is 8.10. The minimum Gasteiger partial charge on any atom is -0.392 e. The summed E-state index contributed by atoms with van der Waals surface area (Å²) in [6.07, 6.45) is 9.25. The van der Waals surface area contributed by atoms with Gasteiger partial charge >= 0.3 is 0 Å². The van der Waals surface area contributed by atoms with Gasteiger partial charge < -0.3 is 5.11 Å². The highest BCUT2D eigenvalue weighted by atomic mass is 16.2. The molecule has 2 rings (SSSR count). The summed E-state index contributed by atoms with van der Waals surface area (Å²) < 4.78 is 0. The van der Waals surface area contributed by atoms with Crippen molar-refractivity contribution >= 4 is 0 Å². The highest BCUT2D eigenvalue weighted by Crippen LogP contribution is 2.43. The first-order valence-corrected chi connectivity index (χ1v) is 4.58. The molecule has 1 N–H and O–H groups in total. The second kappa shape index (κ2) is 4.55. The Morgan fingerprint density at radius 2 is 1.55 bits per heavy atom. The molecule has 1 nitrogen and oxygen atoms in total. The highest BCUT2D eigenvalue weighted by Gasteiger charge is 2.30. The van der Waals surface area contributed by atoms with Gasteiger partial charge in [-0.2, -0.15) is 0 Å². The summed E-state index contributed by atoms with van der Waals surface area (Å²) in [6, 6.07) is 0. The molecule has 0 amide bonds. The van der Waals surface area contributed by atoms with Gasteiger partial charge in [-0.15, -0.1) is 6.58 Å². The Labute approximate surface area is 69.1 Å². The monoisotopic (exact) mass is 154 g/mol. The Bertz CT molecular complexity index is 102. The van der Waals surface area contributed by atoms with Crippen LogP contribution in [0.3, 0.4) is 0 Å². The molecule has 0 aromatic rings. The molecule has 0 unspecified atom stereocenters. The lowest BCUT2D eigenvalue weighted by molar-refractivity contribution is 0.343. The van der Waals surface area contributed by atoms with Crippen LogP contribution in [0.5, 0.6) is 0 Å². The minimum atomic E-state index is 0.0833. The smallest absolute Gasteiger partial charge is 0.0609 e. The molecule has 64 valence electrons. The third-order valence-electron chi connectivity index (χ3n) is 2.76. The van der Waals surface area contributed by atoms with Gasteiger partial charge in [-0.05, 0) is 18.3 Å². The van der Waals surface area contributed by atoms with E-state index in [1.165, 1.54) is 17.9 Å². The summed E-state index contributed by atoms with van der Waals surface area (Å²) in [5.74, 6) is 2.34. The first-order chi connectivity index (χ1) is 5.36. The number of fused-ring (bicyclic) bond motifs is 2. The average Bonchev–Trinajstić information content (AvgIpc) is 2.67. The molecule has 11 heavy (non-hydrogen) atoms. The Morgan fingerprint density at radius 3 is 1.64 bits per heavy atom. The van der Waals surface area contributed by atoms with Gasteiger partial charge in [0.25, 0.3) is 0 Å². The second-order valence-corrected chi connectivity index (χ2v) is 3.59. The van der Waals surface area contributed by atoms with Crippen molar-refractivity contribution < 1.29 is 5.11 Å². The molecule has 1 heteroatoms. The third kappa shape index (κ3) is 2.66. The van der Waals surface area contributed by atoms with E-state index in [-0.39, 0.29) is 6.61 Å². The van der Waals surface area contributed by atoms with Gasteiger partial charge in [-0.3, -0.25) is 0 Å². The third-order valence-corrected chi connectivity index (χ3v) is 2.76. The average molecular weight is 154 g/mol. The molecule has 0 atom stereocenters. The van der Waals surface area contributed by atoms with Crippen molar-refractivity contribution in [1.29, 1.82) is 0 Å². The molecule has 0 saturated heterocycles. The van der Waals surface area contributed by atoms with Crippen molar-refractivity contribution in [3.05, 3.63) is 12.7 Å². The van der Waals surface area contributed by atoms with E-state index in [2.05, 4.69) is 6.58 Å². The van der Waals surface area contributed by atoms with E-state index >= 15 is 0 Å². The fourth-order valence-electron chi connectivity index (χ4n) is 2.17. The van der Waals surface area contributed by atoms with Gasteiger partial charge in [-0.25, -0.2) is 0 Å². The van der Waals surface area contributed by atoms with Gasteiger partial charge in [0, 0.05) is 0 Å². The lowest BCUT2D eigenvalue weighted by atomic mass is 10.0. The summed E-state index contributed by atoms with van der Waals surface area (Å²) in [5, 5.41) is 7.76. The van der Waals surface area contributed by atoms with Crippen LogP contribution in [-0.4, -0.2) is 11.7 Å². The fraction of sp³-hybridized carbons (Fsp3) is 0.800. The Balaban J connectivity index is 0.000000134. The Kier molecular flexibility index (Phi) is 3.64. The maximum atomic E-state index is 7.76. The summed E-state index contributed by atoms with van der Waals surface area (Å²) in [6.45, 7) is 3.31. The summed E-state index contributed by atoms with van der Waals surface area (Å²) >= 11 is 0. The zero-order valence-corrected chi connectivity index (χ0v) is 7.13. The van der Waals surface area contributed by atoms with Crippen molar-refractivity contribution in [3.8, 4) is 0 Å². The molecule has 0 spiro atoms. The molecule has 2 aliphatic carbocycles. The minimum absolute atomic E-state index is 0.0833. The molecule has 0 radical (unpaired) electrons. The van der Waals surface area contributed by atoms with Gasteiger partial charge in [-0.1, -0.05) is 31.8 Å². The van der Waals surface area contributed by atoms with E-state index in [0.29, 0.717) is 0 Å². The maximum Gasteiger partial charge on any atom is 0.0609 e. The second-order valence-electron chi connectivity index (χ2n) is 3.59. The molecule has 2 saturated carbocycles. The van der Waals surface area contributed by atoms with Gasteiger partial charge in [0.15, 0.2) is 0 Å². The number of aliphatic hydroxyl groups is 1. The number of rotatable bonds is 1. The molecular weight excluding hydrogens is 136 g/mol. The quantitative estimate of drug-likeness (QED) is 0.575. The van der Waals surface area contributed by atoms with E-state index in [0.717, 1.165) is 0 Å². The summed E-state index contributed by atoms with van der Waals surface area (Å²) in [7, 11) is 0. The largest absolute Gasteiger partial charge is 0.392 e.